The molecule has 2 heterocycles. The third-order valence-corrected chi connectivity index (χ3v) is 4.76. The lowest BCUT2D eigenvalue weighted by Gasteiger charge is -2.14. The Balaban J connectivity index is 2.42. The summed E-state index contributed by atoms with van der Waals surface area (Å²) in [5.41, 5.74) is 3.38. The Bertz CT molecular complexity index is 552. The Morgan fingerprint density at radius 2 is 2.31 bits per heavy atom. The molecule has 0 spiro atoms. The predicted octanol–water partition coefficient (Wildman–Crippen LogP) is 3.27. The summed E-state index contributed by atoms with van der Waals surface area (Å²) in [7, 11) is 1.61. The molecule has 1 aliphatic heterocycles. The molecule has 1 aliphatic rings. The Morgan fingerprint density at radius 3 is 3.12 bits per heavy atom. The first-order valence-electron chi connectivity index (χ1n) is 5.13. The minimum Gasteiger partial charge on any atom is -0.311 e. The van der Waals surface area contributed by atoms with E-state index in [1.165, 1.54) is 11.3 Å². The van der Waals surface area contributed by atoms with Crippen LogP contribution in [0.1, 0.15) is 11.3 Å². The highest BCUT2D eigenvalue weighted by Gasteiger charge is 2.21. The van der Waals surface area contributed by atoms with Gasteiger partial charge in [0.15, 0.2) is 0 Å². The molecule has 0 bridgehead atoms. The lowest BCUT2D eigenvalue weighted by Crippen LogP contribution is -2.24. The maximum Gasteiger partial charge on any atom is 0.132 e. The zero-order valence-corrected chi connectivity index (χ0v) is 11.4. The van der Waals surface area contributed by atoms with Crippen LogP contribution in [0.25, 0.3) is 10.9 Å². The number of benzene rings is 1. The van der Waals surface area contributed by atoms with Gasteiger partial charge in [-0.3, -0.25) is 3.97 Å². The van der Waals surface area contributed by atoms with E-state index in [4.69, 9.17) is 0 Å². The van der Waals surface area contributed by atoms with Crippen molar-refractivity contribution in [2.24, 2.45) is 0 Å². The summed E-state index contributed by atoms with van der Waals surface area (Å²) in [5, 5.41) is 4.14. The van der Waals surface area contributed by atoms with Crippen molar-refractivity contribution in [2.45, 2.75) is 13.0 Å². The average Bonchev–Trinajstić information content (AvgIpc) is 2.64. The van der Waals surface area contributed by atoms with Crippen LogP contribution in [0.4, 0.5) is 4.39 Å². The van der Waals surface area contributed by atoms with Gasteiger partial charge in [-0.2, -0.15) is 0 Å². The molecule has 0 saturated heterocycles. The molecular formula is C11H10FIN2S. The van der Waals surface area contributed by atoms with E-state index >= 15 is 0 Å². The Morgan fingerprint density at radius 1 is 1.44 bits per heavy atom. The standard InChI is InChI=1S/C11H10FIN2S/c12-8-2-1-3-9-11(8)7-4-5-14-6-10(7)15(9)16-13/h1-3,14H,4-6H2. The second kappa shape index (κ2) is 4.19. The Hall–Kier alpha value is -0.270. The summed E-state index contributed by atoms with van der Waals surface area (Å²) < 4.78 is 16.0. The largest absolute Gasteiger partial charge is 0.311 e. The van der Waals surface area contributed by atoms with Gasteiger partial charge in [0.05, 0.1) is 5.52 Å². The summed E-state index contributed by atoms with van der Waals surface area (Å²) in [4.78, 5) is 0. The molecule has 2 aromatic rings. The van der Waals surface area contributed by atoms with Gasteiger partial charge in [0.25, 0.3) is 0 Å². The summed E-state index contributed by atoms with van der Waals surface area (Å²) in [5.74, 6) is -0.0974. The van der Waals surface area contributed by atoms with Crippen LogP contribution in [-0.4, -0.2) is 10.5 Å². The van der Waals surface area contributed by atoms with Gasteiger partial charge in [-0.15, -0.1) is 0 Å². The molecule has 1 aromatic carbocycles. The van der Waals surface area contributed by atoms with Crippen LogP contribution in [0, 0.1) is 5.82 Å². The maximum absolute atomic E-state index is 13.9. The number of nitrogens with zero attached hydrogens (tertiary/aromatic N) is 1. The second-order valence-corrected chi connectivity index (χ2v) is 5.53. The van der Waals surface area contributed by atoms with Crippen LogP contribution in [0.2, 0.25) is 0 Å². The lowest BCUT2D eigenvalue weighted by molar-refractivity contribution is 0.623. The zero-order chi connectivity index (χ0) is 11.1. The van der Waals surface area contributed by atoms with Gasteiger partial charge in [0.2, 0.25) is 0 Å². The van der Waals surface area contributed by atoms with Crippen LogP contribution < -0.4 is 5.32 Å². The third-order valence-electron chi connectivity index (χ3n) is 3.02. The van der Waals surface area contributed by atoms with E-state index in [1.54, 1.807) is 21.3 Å². The number of aromatic nitrogens is 1. The van der Waals surface area contributed by atoms with Gasteiger partial charge in [0, 0.05) is 47.9 Å². The predicted molar refractivity (Wildman–Crippen MR) is 74.3 cm³/mol. The molecule has 0 radical (unpaired) electrons. The Labute approximate surface area is 109 Å². The molecule has 0 atom stereocenters. The first-order chi connectivity index (χ1) is 7.83. The monoisotopic (exact) mass is 348 g/mol. The molecule has 0 unspecified atom stereocenters. The van der Waals surface area contributed by atoms with Crippen LogP contribution >= 0.6 is 30.3 Å². The quantitative estimate of drug-likeness (QED) is 0.797. The van der Waals surface area contributed by atoms with Gasteiger partial charge in [-0.1, -0.05) is 6.07 Å². The second-order valence-electron chi connectivity index (χ2n) is 3.85. The maximum atomic E-state index is 13.9. The fourth-order valence-electron chi connectivity index (χ4n) is 2.34. The lowest BCUT2D eigenvalue weighted by atomic mass is 10.0. The highest BCUT2D eigenvalue weighted by Crippen LogP contribution is 2.35. The third kappa shape index (κ3) is 1.48. The van der Waals surface area contributed by atoms with Gasteiger partial charge in [-0.25, -0.2) is 4.39 Å². The molecule has 16 heavy (non-hydrogen) atoms. The average molecular weight is 348 g/mol. The van der Waals surface area contributed by atoms with E-state index in [0.29, 0.717) is 0 Å². The van der Waals surface area contributed by atoms with Crippen LogP contribution in [0.5, 0.6) is 0 Å². The molecule has 0 saturated carbocycles. The SMILES string of the molecule is Fc1cccc2c1c1c(n2SI)CNCC1. The fourth-order valence-corrected chi connectivity index (χ4v) is 4.17. The van der Waals surface area contributed by atoms with Crippen molar-refractivity contribution in [2.75, 3.05) is 6.54 Å². The van der Waals surface area contributed by atoms with Crippen molar-refractivity contribution in [3.8, 4) is 0 Å². The minimum atomic E-state index is -0.0974. The smallest absolute Gasteiger partial charge is 0.132 e. The topological polar surface area (TPSA) is 17.0 Å². The van der Waals surface area contributed by atoms with Crippen LogP contribution in [-0.2, 0) is 13.0 Å². The molecule has 0 aliphatic carbocycles. The van der Waals surface area contributed by atoms with Crippen LogP contribution in [0.15, 0.2) is 18.2 Å². The molecular weight excluding hydrogens is 338 g/mol. The Kier molecular flexibility index (Phi) is 2.85. The van der Waals surface area contributed by atoms with E-state index in [0.717, 1.165) is 30.4 Å². The van der Waals surface area contributed by atoms with Gasteiger partial charge in [-0.05, 0) is 30.7 Å². The number of rotatable bonds is 1. The van der Waals surface area contributed by atoms with E-state index in [1.807, 2.05) is 6.07 Å². The molecule has 5 heteroatoms. The summed E-state index contributed by atoms with van der Waals surface area (Å²) in [6.45, 7) is 1.77. The van der Waals surface area contributed by atoms with Crippen molar-refractivity contribution in [3.05, 3.63) is 35.3 Å². The number of fused-ring (bicyclic) bond motifs is 3. The molecule has 1 N–H and O–H groups in total. The van der Waals surface area contributed by atoms with Gasteiger partial charge < -0.3 is 5.32 Å². The first-order valence-corrected chi connectivity index (χ1v) is 8.45. The van der Waals surface area contributed by atoms with Crippen molar-refractivity contribution in [1.29, 1.82) is 0 Å². The number of nitrogens with one attached hydrogen (secondary N) is 1. The van der Waals surface area contributed by atoms with Crippen LogP contribution in [0.3, 0.4) is 0 Å². The van der Waals surface area contributed by atoms with Crippen molar-refractivity contribution >= 4 is 41.2 Å². The van der Waals surface area contributed by atoms with Gasteiger partial charge in [0.1, 0.15) is 5.82 Å². The van der Waals surface area contributed by atoms with E-state index in [2.05, 4.69) is 30.5 Å². The normalized spacial score (nSPS) is 15.4. The molecule has 3 rings (SSSR count). The van der Waals surface area contributed by atoms with Crippen molar-refractivity contribution in [1.82, 2.24) is 9.29 Å². The minimum absolute atomic E-state index is 0.0974. The number of halogens is 2. The van der Waals surface area contributed by atoms with Crippen molar-refractivity contribution in [3.63, 3.8) is 0 Å². The van der Waals surface area contributed by atoms with E-state index in [-0.39, 0.29) is 5.82 Å². The highest BCUT2D eigenvalue weighted by molar-refractivity contribution is 14.2. The molecule has 2 nitrogen and oxygen atoms in total. The summed E-state index contributed by atoms with van der Waals surface area (Å²) >= 11 is 2.25. The number of hydrogen-bond donors (Lipinski definition) is 1. The molecule has 84 valence electrons. The van der Waals surface area contributed by atoms with E-state index in [9.17, 15) is 4.39 Å². The molecule has 1 aromatic heterocycles. The van der Waals surface area contributed by atoms with E-state index < -0.39 is 0 Å². The summed E-state index contributed by atoms with van der Waals surface area (Å²) in [6.07, 6.45) is 0.914. The number of hydrogen-bond acceptors (Lipinski definition) is 2. The molecule has 0 amide bonds. The molecule has 0 fully saturated rings. The van der Waals surface area contributed by atoms with Crippen molar-refractivity contribution < 1.29 is 4.39 Å². The fraction of sp³-hybridized carbons (Fsp3) is 0.273. The van der Waals surface area contributed by atoms with Gasteiger partial charge >= 0.3 is 0 Å². The zero-order valence-electron chi connectivity index (χ0n) is 8.46. The highest BCUT2D eigenvalue weighted by atomic mass is 127. The first kappa shape index (κ1) is 10.9. The summed E-state index contributed by atoms with van der Waals surface area (Å²) in [6, 6.07) is 5.31.